The van der Waals surface area contributed by atoms with Gasteiger partial charge in [-0.15, -0.1) is 0 Å². The van der Waals surface area contributed by atoms with Crippen LogP contribution in [0, 0.1) is 0 Å². The second-order valence-corrected chi connectivity index (χ2v) is 4.21. The predicted molar refractivity (Wildman–Crippen MR) is 77.3 cm³/mol. The third kappa shape index (κ3) is 3.55. The third-order valence-electron chi connectivity index (χ3n) is 2.73. The van der Waals surface area contributed by atoms with Crippen molar-refractivity contribution in [2.45, 2.75) is 0 Å². The Labute approximate surface area is 115 Å². The minimum atomic E-state index is -0.997. The average molecular weight is 268 g/mol. The molecule has 4 heteroatoms. The smallest absolute Gasteiger partial charge is 0.328 e. The lowest BCUT2D eigenvalue weighted by Gasteiger charge is -2.01. The lowest BCUT2D eigenvalue weighted by Crippen LogP contribution is -1.86. The summed E-state index contributed by atoms with van der Waals surface area (Å²) in [5.74, 6) is -1.99. The molecule has 0 atom stereocenters. The molecule has 0 aliphatic heterocycles. The quantitative estimate of drug-likeness (QED) is 0.836. The van der Waals surface area contributed by atoms with Crippen molar-refractivity contribution in [1.82, 2.24) is 0 Å². The van der Waals surface area contributed by atoms with Gasteiger partial charge in [0.15, 0.2) is 0 Å². The maximum atomic E-state index is 10.5. The van der Waals surface area contributed by atoms with Gasteiger partial charge < -0.3 is 10.2 Å². The number of hydrogen-bond donors (Lipinski definition) is 2. The molecule has 0 aromatic heterocycles. The average Bonchev–Trinajstić information content (AvgIpc) is 2.42. The summed E-state index contributed by atoms with van der Waals surface area (Å²) in [5, 5.41) is 19.1. The predicted octanol–water partition coefficient (Wildman–Crippen LogP) is 3.04. The zero-order valence-corrected chi connectivity index (χ0v) is 10.5. The van der Waals surface area contributed by atoms with Gasteiger partial charge >= 0.3 is 11.9 Å². The van der Waals surface area contributed by atoms with Gasteiger partial charge in [-0.25, -0.2) is 9.59 Å². The lowest BCUT2D eigenvalue weighted by molar-refractivity contribution is -0.132. The maximum absolute atomic E-state index is 10.5. The molecule has 2 rings (SSSR count). The van der Waals surface area contributed by atoms with Gasteiger partial charge in [-0.05, 0) is 46.2 Å². The summed E-state index contributed by atoms with van der Waals surface area (Å²) >= 11 is 0. The number of carboxylic acid groups (broad SMARTS) is 2. The van der Waals surface area contributed by atoms with Gasteiger partial charge in [-0.1, -0.05) is 24.3 Å². The van der Waals surface area contributed by atoms with Crippen molar-refractivity contribution >= 4 is 34.9 Å². The van der Waals surface area contributed by atoms with Crippen LogP contribution in [0.25, 0.3) is 22.9 Å². The van der Waals surface area contributed by atoms with E-state index >= 15 is 0 Å². The molecule has 0 aliphatic rings. The topological polar surface area (TPSA) is 74.6 Å². The van der Waals surface area contributed by atoms with E-state index in [1.807, 2.05) is 36.4 Å². The molecule has 4 nitrogen and oxygen atoms in total. The van der Waals surface area contributed by atoms with Crippen LogP contribution in [0.15, 0.2) is 48.6 Å². The molecule has 20 heavy (non-hydrogen) atoms. The number of fused-ring (bicyclic) bond motifs is 1. The van der Waals surface area contributed by atoms with E-state index in [4.69, 9.17) is 10.2 Å². The van der Waals surface area contributed by atoms with E-state index < -0.39 is 11.9 Å². The van der Waals surface area contributed by atoms with Crippen molar-refractivity contribution < 1.29 is 19.8 Å². The molecule has 0 aliphatic carbocycles. The van der Waals surface area contributed by atoms with Crippen molar-refractivity contribution in [2.75, 3.05) is 0 Å². The minimum Gasteiger partial charge on any atom is -0.478 e. The highest BCUT2D eigenvalue weighted by Crippen LogP contribution is 2.19. The molecule has 2 aromatic carbocycles. The molecule has 100 valence electrons. The Kier molecular flexibility index (Phi) is 3.96. The Hall–Kier alpha value is -2.88. The third-order valence-corrected chi connectivity index (χ3v) is 2.73. The van der Waals surface area contributed by atoms with Crippen LogP contribution in [0.2, 0.25) is 0 Å². The summed E-state index contributed by atoms with van der Waals surface area (Å²) in [6.45, 7) is 0. The van der Waals surface area contributed by atoms with Crippen molar-refractivity contribution in [3.63, 3.8) is 0 Å². The fraction of sp³-hybridized carbons (Fsp3) is 0. The highest BCUT2D eigenvalue weighted by molar-refractivity contribution is 5.91. The molecule has 2 N–H and O–H groups in total. The first-order valence-electron chi connectivity index (χ1n) is 5.90. The fourth-order valence-corrected chi connectivity index (χ4v) is 1.83. The molecule has 0 saturated heterocycles. The molecule has 0 saturated carbocycles. The van der Waals surface area contributed by atoms with Crippen molar-refractivity contribution in [2.24, 2.45) is 0 Å². The van der Waals surface area contributed by atoms with Gasteiger partial charge in [0.1, 0.15) is 0 Å². The molecule has 2 aromatic rings. The van der Waals surface area contributed by atoms with Crippen LogP contribution in [0.4, 0.5) is 0 Å². The highest BCUT2D eigenvalue weighted by atomic mass is 16.4. The molecule has 0 spiro atoms. The number of carboxylic acids is 2. The van der Waals surface area contributed by atoms with Crippen LogP contribution in [0.5, 0.6) is 0 Å². The van der Waals surface area contributed by atoms with E-state index in [2.05, 4.69) is 0 Å². The largest absolute Gasteiger partial charge is 0.478 e. The molecule has 0 unspecified atom stereocenters. The first-order chi connectivity index (χ1) is 9.54. The summed E-state index contributed by atoms with van der Waals surface area (Å²) in [6.07, 6.45) is 5.19. The number of aliphatic carboxylic acids is 2. The fourth-order valence-electron chi connectivity index (χ4n) is 1.83. The van der Waals surface area contributed by atoms with E-state index in [1.54, 1.807) is 0 Å². The van der Waals surface area contributed by atoms with E-state index in [1.165, 1.54) is 12.2 Å². The van der Waals surface area contributed by atoms with Crippen LogP contribution in [-0.4, -0.2) is 22.2 Å². The Balaban J connectivity index is 2.39. The highest BCUT2D eigenvalue weighted by Gasteiger charge is 1.97. The number of hydrogen-bond acceptors (Lipinski definition) is 2. The van der Waals surface area contributed by atoms with Crippen molar-refractivity contribution in [3.8, 4) is 0 Å². The van der Waals surface area contributed by atoms with Crippen LogP contribution in [0.1, 0.15) is 11.1 Å². The molecule has 0 heterocycles. The Morgan fingerprint density at radius 3 is 1.60 bits per heavy atom. The number of benzene rings is 2. The van der Waals surface area contributed by atoms with Crippen LogP contribution in [-0.2, 0) is 9.59 Å². The van der Waals surface area contributed by atoms with Crippen molar-refractivity contribution in [3.05, 3.63) is 59.7 Å². The molecule has 0 amide bonds. The zero-order chi connectivity index (χ0) is 14.5. The van der Waals surface area contributed by atoms with Crippen molar-refractivity contribution in [1.29, 1.82) is 0 Å². The van der Waals surface area contributed by atoms with Gasteiger partial charge in [0.25, 0.3) is 0 Å². The first kappa shape index (κ1) is 13.5. The monoisotopic (exact) mass is 268 g/mol. The molecule has 0 fully saturated rings. The molecular weight excluding hydrogens is 256 g/mol. The van der Waals surface area contributed by atoms with E-state index in [0.29, 0.717) is 0 Å². The van der Waals surface area contributed by atoms with Gasteiger partial charge in [0, 0.05) is 12.2 Å². The zero-order valence-electron chi connectivity index (χ0n) is 10.5. The maximum Gasteiger partial charge on any atom is 0.328 e. The second kappa shape index (κ2) is 5.84. The first-order valence-corrected chi connectivity index (χ1v) is 5.90. The van der Waals surface area contributed by atoms with Gasteiger partial charge in [0.05, 0.1) is 0 Å². The van der Waals surface area contributed by atoms with E-state index in [0.717, 1.165) is 34.1 Å². The number of rotatable bonds is 4. The Morgan fingerprint density at radius 1 is 0.750 bits per heavy atom. The van der Waals surface area contributed by atoms with Gasteiger partial charge in [0.2, 0.25) is 0 Å². The standard InChI is InChI=1S/C16H12O4/c17-15(18)7-3-11-1-5-13-6-2-12(4-8-16(19)20)10-14(13)9-11/h1-10H,(H,17,18)(H,19,20). The summed E-state index contributed by atoms with van der Waals surface area (Å²) in [7, 11) is 0. The Morgan fingerprint density at radius 2 is 1.20 bits per heavy atom. The van der Waals surface area contributed by atoms with Crippen LogP contribution >= 0.6 is 0 Å². The minimum absolute atomic E-state index is 0.777. The van der Waals surface area contributed by atoms with Crippen LogP contribution < -0.4 is 0 Å². The van der Waals surface area contributed by atoms with E-state index in [9.17, 15) is 9.59 Å². The summed E-state index contributed by atoms with van der Waals surface area (Å²) in [6, 6.07) is 11.1. The number of carbonyl (C=O) groups is 2. The summed E-state index contributed by atoms with van der Waals surface area (Å²) in [4.78, 5) is 21.0. The molecule has 0 bridgehead atoms. The van der Waals surface area contributed by atoms with E-state index in [-0.39, 0.29) is 0 Å². The Bertz CT molecular complexity index is 668. The lowest BCUT2D eigenvalue weighted by atomic mass is 10.0. The summed E-state index contributed by atoms with van der Waals surface area (Å²) < 4.78 is 0. The SMILES string of the molecule is O=C(O)C=Cc1ccc2ccc(C=CC(=O)O)cc2c1. The van der Waals surface area contributed by atoms with Gasteiger partial charge in [-0.2, -0.15) is 0 Å². The molecular formula is C16H12O4. The normalized spacial score (nSPS) is 11.4. The van der Waals surface area contributed by atoms with Gasteiger partial charge in [-0.3, -0.25) is 0 Å². The van der Waals surface area contributed by atoms with Crippen LogP contribution in [0.3, 0.4) is 0 Å². The second-order valence-electron chi connectivity index (χ2n) is 4.21. The molecule has 0 radical (unpaired) electrons. The summed E-state index contributed by atoms with van der Waals surface area (Å²) in [5.41, 5.74) is 1.55.